The average molecular weight is 229 g/mol. The van der Waals surface area contributed by atoms with Gasteiger partial charge in [0.25, 0.3) is 0 Å². The fraction of sp³-hybridized carbons (Fsp3) is 0.267. The van der Waals surface area contributed by atoms with Crippen LogP contribution >= 0.6 is 0 Å². The van der Waals surface area contributed by atoms with E-state index in [9.17, 15) is 4.79 Å². The predicted molar refractivity (Wildman–Crippen MR) is 72.3 cm³/mol. The van der Waals surface area contributed by atoms with E-state index < -0.39 is 0 Å². The molecule has 0 aromatic heterocycles. The van der Waals surface area contributed by atoms with E-state index in [1.54, 1.807) is 11.1 Å². The van der Waals surface area contributed by atoms with Gasteiger partial charge in [-0.1, -0.05) is 49.9 Å². The maximum absolute atomic E-state index is 11.5. The number of benzene rings is 1. The molecule has 90 valence electrons. The summed E-state index contributed by atoms with van der Waals surface area (Å²) in [5.74, 6) is 0.0945. The first-order valence-corrected chi connectivity index (χ1v) is 5.83. The van der Waals surface area contributed by atoms with Crippen LogP contribution in [-0.4, -0.2) is 17.4 Å². The third-order valence-corrected chi connectivity index (χ3v) is 2.67. The first kappa shape index (κ1) is 13.2. The lowest BCUT2D eigenvalue weighted by Gasteiger charge is -2.15. The van der Waals surface area contributed by atoms with Crippen molar-refractivity contribution in [1.29, 1.82) is 0 Å². The van der Waals surface area contributed by atoms with Crippen molar-refractivity contribution >= 4 is 11.5 Å². The van der Waals surface area contributed by atoms with Gasteiger partial charge < -0.3 is 4.90 Å². The van der Waals surface area contributed by atoms with Crippen LogP contribution in [0.3, 0.4) is 0 Å². The molecule has 1 rings (SSSR count). The molecule has 1 aromatic carbocycles. The number of rotatable bonds is 5. The minimum atomic E-state index is 0.0945. The van der Waals surface area contributed by atoms with Gasteiger partial charge in [0.15, 0.2) is 0 Å². The van der Waals surface area contributed by atoms with Gasteiger partial charge >= 0.3 is 0 Å². The number of carbonyl (C=O) groups is 1. The normalized spacial score (nSPS) is 11.1. The summed E-state index contributed by atoms with van der Waals surface area (Å²) >= 11 is 0. The van der Waals surface area contributed by atoms with E-state index >= 15 is 0 Å². The summed E-state index contributed by atoms with van der Waals surface area (Å²) in [6.45, 7) is 8.14. The fourth-order valence-electron chi connectivity index (χ4n) is 1.54. The Kier molecular flexibility index (Phi) is 5.21. The number of amides is 1. The van der Waals surface area contributed by atoms with Crippen LogP contribution in [0.2, 0.25) is 0 Å². The summed E-state index contributed by atoms with van der Waals surface area (Å²) < 4.78 is 0. The van der Waals surface area contributed by atoms with Crippen LogP contribution in [0.15, 0.2) is 49.2 Å². The zero-order valence-corrected chi connectivity index (χ0v) is 10.5. The van der Waals surface area contributed by atoms with Gasteiger partial charge in [0.1, 0.15) is 0 Å². The zero-order valence-electron chi connectivity index (χ0n) is 10.5. The Morgan fingerprint density at radius 3 is 2.53 bits per heavy atom. The van der Waals surface area contributed by atoms with Crippen molar-refractivity contribution in [2.45, 2.75) is 20.3 Å². The third-order valence-electron chi connectivity index (χ3n) is 2.67. The Bertz CT molecular complexity index is 406. The van der Waals surface area contributed by atoms with Crippen LogP contribution in [0.1, 0.15) is 25.8 Å². The maximum atomic E-state index is 11.5. The van der Waals surface area contributed by atoms with Gasteiger partial charge in [-0.15, -0.1) is 0 Å². The molecule has 0 aliphatic rings. The first-order valence-electron chi connectivity index (χ1n) is 5.83. The van der Waals surface area contributed by atoms with Crippen molar-refractivity contribution in [2.75, 3.05) is 6.54 Å². The molecule has 0 fully saturated rings. The lowest BCUT2D eigenvalue weighted by molar-refractivity contribution is -0.127. The van der Waals surface area contributed by atoms with Gasteiger partial charge in [-0.05, 0) is 24.3 Å². The molecule has 17 heavy (non-hydrogen) atoms. The highest BCUT2D eigenvalue weighted by Gasteiger charge is 2.05. The molecule has 0 aliphatic carbocycles. The van der Waals surface area contributed by atoms with Crippen LogP contribution in [0, 0.1) is 0 Å². The molecule has 0 spiro atoms. The van der Waals surface area contributed by atoms with Crippen molar-refractivity contribution < 1.29 is 4.79 Å². The topological polar surface area (TPSA) is 20.3 Å². The van der Waals surface area contributed by atoms with Crippen LogP contribution in [0.4, 0.5) is 0 Å². The van der Waals surface area contributed by atoms with Crippen molar-refractivity contribution in [3.8, 4) is 0 Å². The van der Waals surface area contributed by atoms with Crippen LogP contribution in [-0.2, 0) is 4.79 Å². The Morgan fingerprint density at radius 1 is 1.35 bits per heavy atom. The number of hydrogen-bond acceptors (Lipinski definition) is 1. The Hall–Kier alpha value is -1.83. The SMILES string of the molecule is C=CN(CC=C(C)c1ccccc1)C(=O)CC. The Balaban J connectivity index is 2.70. The molecular weight excluding hydrogens is 210 g/mol. The van der Waals surface area contributed by atoms with Gasteiger partial charge in [0.05, 0.1) is 0 Å². The average Bonchev–Trinajstić information content (AvgIpc) is 2.39. The standard InChI is InChI=1S/C15H19NO/c1-4-15(17)16(5-2)12-11-13(3)14-9-7-6-8-10-14/h5-11H,2,4,12H2,1,3H3. The van der Waals surface area contributed by atoms with Gasteiger partial charge in [0, 0.05) is 13.0 Å². The monoisotopic (exact) mass is 229 g/mol. The fourth-order valence-corrected chi connectivity index (χ4v) is 1.54. The molecule has 0 saturated carbocycles. The number of allylic oxidation sites excluding steroid dienone is 1. The summed E-state index contributed by atoms with van der Waals surface area (Å²) in [5, 5.41) is 0. The highest BCUT2D eigenvalue weighted by Crippen LogP contribution is 2.12. The van der Waals surface area contributed by atoms with Crippen LogP contribution in [0.25, 0.3) is 5.57 Å². The lowest BCUT2D eigenvalue weighted by atomic mass is 10.1. The van der Waals surface area contributed by atoms with Gasteiger partial charge in [-0.3, -0.25) is 4.79 Å². The smallest absolute Gasteiger partial charge is 0.226 e. The minimum absolute atomic E-state index is 0.0945. The summed E-state index contributed by atoms with van der Waals surface area (Å²) in [6.07, 6.45) is 4.13. The van der Waals surface area contributed by atoms with Gasteiger partial charge in [-0.25, -0.2) is 0 Å². The quantitative estimate of drug-likeness (QED) is 0.757. The highest BCUT2D eigenvalue weighted by molar-refractivity contribution is 5.77. The molecule has 0 unspecified atom stereocenters. The maximum Gasteiger partial charge on any atom is 0.226 e. The van der Waals surface area contributed by atoms with E-state index in [2.05, 4.69) is 18.7 Å². The molecule has 0 heterocycles. The summed E-state index contributed by atoms with van der Waals surface area (Å²) in [4.78, 5) is 13.1. The number of nitrogens with zero attached hydrogens (tertiary/aromatic N) is 1. The molecule has 2 heteroatoms. The number of hydrogen-bond donors (Lipinski definition) is 0. The molecule has 0 saturated heterocycles. The second-order valence-electron chi connectivity index (χ2n) is 3.84. The Labute approximate surface area is 103 Å². The lowest BCUT2D eigenvalue weighted by Crippen LogP contribution is -2.24. The van der Waals surface area contributed by atoms with Crippen molar-refractivity contribution in [3.05, 3.63) is 54.8 Å². The molecule has 0 aliphatic heterocycles. The number of carbonyl (C=O) groups excluding carboxylic acids is 1. The van der Waals surface area contributed by atoms with E-state index in [-0.39, 0.29) is 5.91 Å². The van der Waals surface area contributed by atoms with E-state index in [0.29, 0.717) is 13.0 Å². The largest absolute Gasteiger partial charge is 0.316 e. The van der Waals surface area contributed by atoms with Crippen LogP contribution < -0.4 is 0 Å². The van der Waals surface area contributed by atoms with Crippen molar-refractivity contribution in [1.82, 2.24) is 4.90 Å². The summed E-state index contributed by atoms with van der Waals surface area (Å²) in [6, 6.07) is 10.1. The molecule has 1 aromatic rings. The molecule has 1 amide bonds. The Morgan fingerprint density at radius 2 is 2.00 bits per heavy atom. The molecular formula is C15H19NO. The molecule has 0 radical (unpaired) electrons. The van der Waals surface area contributed by atoms with E-state index in [1.165, 1.54) is 11.1 Å². The highest BCUT2D eigenvalue weighted by atomic mass is 16.2. The summed E-state index contributed by atoms with van der Waals surface area (Å²) in [5.41, 5.74) is 2.35. The van der Waals surface area contributed by atoms with E-state index in [0.717, 1.165) is 0 Å². The zero-order chi connectivity index (χ0) is 12.7. The second kappa shape index (κ2) is 6.69. The van der Waals surface area contributed by atoms with Crippen LogP contribution in [0.5, 0.6) is 0 Å². The molecule has 0 N–H and O–H groups in total. The minimum Gasteiger partial charge on any atom is -0.316 e. The molecule has 0 atom stereocenters. The van der Waals surface area contributed by atoms with E-state index in [4.69, 9.17) is 0 Å². The molecule has 0 bridgehead atoms. The van der Waals surface area contributed by atoms with E-state index in [1.807, 2.05) is 38.1 Å². The second-order valence-corrected chi connectivity index (χ2v) is 3.84. The predicted octanol–water partition coefficient (Wildman–Crippen LogP) is 3.47. The summed E-state index contributed by atoms with van der Waals surface area (Å²) in [7, 11) is 0. The molecule has 2 nitrogen and oxygen atoms in total. The van der Waals surface area contributed by atoms with Crippen molar-refractivity contribution in [3.63, 3.8) is 0 Å². The van der Waals surface area contributed by atoms with Crippen molar-refractivity contribution in [2.24, 2.45) is 0 Å². The first-order chi connectivity index (χ1) is 8.19. The third kappa shape index (κ3) is 3.91. The van der Waals surface area contributed by atoms with Gasteiger partial charge in [0.2, 0.25) is 5.91 Å². The van der Waals surface area contributed by atoms with Gasteiger partial charge in [-0.2, -0.15) is 0 Å².